The Labute approximate surface area is 144 Å². The van der Waals surface area contributed by atoms with Gasteiger partial charge < -0.3 is 10.2 Å². The van der Waals surface area contributed by atoms with Gasteiger partial charge in [0.1, 0.15) is 6.04 Å². The molecule has 23 heavy (non-hydrogen) atoms. The number of rotatable bonds is 5. The van der Waals surface area contributed by atoms with E-state index in [9.17, 15) is 14.4 Å². The molecule has 0 bridgehead atoms. The molecule has 1 atom stereocenters. The van der Waals surface area contributed by atoms with E-state index in [1.165, 1.54) is 19.0 Å². The first kappa shape index (κ1) is 17.6. The van der Waals surface area contributed by atoms with Gasteiger partial charge in [0.2, 0.25) is 5.91 Å². The van der Waals surface area contributed by atoms with Crippen LogP contribution in [0.5, 0.6) is 0 Å². The summed E-state index contributed by atoms with van der Waals surface area (Å²) < 4.78 is 0. The van der Waals surface area contributed by atoms with Crippen molar-refractivity contribution in [1.29, 1.82) is 0 Å². The number of hydrogen-bond acceptors (Lipinski definition) is 3. The average molecular weight is 358 g/mol. The lowest BCUT2D eigenvalue weighted by Crippen LogP contribution is -2.37. The molecule has 4 amide bonds. The molecule has 1 unspecified atom stereocenters. The van der Waals surface area contributed by atoms with Crippen LogP contribution in [0.2, 0.25) is 10.0 Å². The Hall–Kier alpha value is -1.79. The van der Waals surface area contributed by atoms with E-state index in [4.69, 9.17) is 23.2 Å². The standard InChI is InChI=1S/C15H17Cl2N3O3/c1-19-11(14(22)20(2)15(19)23)8-12(21)18-7-6-9-4-3-5-10(16)13(9)17/h3-5,11H,6-8H2,1-2H3,(H,18,21). The molecular weight excluding hydrogens is 341 g/mol. The highest BCUT2D eigenvalue weighted by molar-refractivity contribution is 6.42. The van der Waals surface area contributed by atoms with Gasteiger partial charge in [-0.2, -0.15) is 0 Å². The van der Waals surface area contributed by atoms with Crippen molar-refractivity contribution in [3.8, 4) is 0 Å². The van der Waals surface area contributed by atoms with E-state index in [2.05, 4.69) is 5.32 Å². The Morgan fingerprint density at radius 2 is 1.96 bits per heavy atom. The molecule has 6 nitrogen and oxygen atoms in total. The predicted octanol–water partition coefficient (Wildman–Crippen LogP) is 1.93. The van der Waals surface area contributed by atoms with E-state index in [1.807, 2.05) is 6.07 Å². The van der Waals surface area contributed by atoms with E-state index < -0.39 is 12.1 Å². The fraction of sp³-hybridized carbons (Fsp3) is 0.400. The lowest BCUT2D eigenvalue weighted by molar-refractivity contribution is -0.131. The van der Waals surface area contributed by atoms with Gasteiger partial charge in [0.25, 0.3) is 5.91 Å². The van der Waals surface area contributed by atoms with Crippen LogP contribution >= 0.6 is 23.2 Å². The fourth-order valence-electron chi connectivity index (χ4n) is 2.40. The van der Waals surface area contributed by atoms with Gasteiger partial charge in [-0.15, -0.1) is 0 Å². The maximum absolute atomic E-state index is 12.0. The van der Waals surface area contributed by atoms with E-state index in [0.717, 1.165) is 10.5 Å². The van der Waals surface area contributed by atoms with Gasteiger partial charge in [-0.05, 0) is 18.1 Å². The molecule has 1 N–H and O–H groups in total. The van der Waals surface area contributed by atoms with Crippen LogP contribution < -0.4 is 5.32 Å². The molecule has 0 aromatic heterocycles. The molecular formula is C15H17Cl2N3O3. The van der Waals surface area contributed by atoms with E-state index >= 15 is 0 Å². The van der Waals surface area contributed by atoms with Crippen molar-refractivity contribution in [2.45, 2.75) is 18.9 Å². The van der Waals surface area contributed by atoms with Crippen molar-refractivity contribution < 1.29 is 14.4 Å². The normalized spacial score (nSPS) is 17.8. The van der Waals surface area contributed by atoms with Crippen molar-refractivity contribution in [1.82, 2.24) is 15.1 Å². The molecule has 8 heteroatoms. The minimum atomic E-state index is -0.748. The molecule has 0 spiro atoms. The molecule has 1 fully saturated rings. The summed E-state index contributed by atoms with van der Waals surface area (Å²) in [5, 5.41) is 3.67. The topological polar surface area (TPSA) is 69.7 Å². The SMILES string of the molecule is CN1C(=O)C(CC(=O)NCCc2cccc(Cl)c2Cl)N(C)C1=O. The minimum Gasteiger partial charge on any atom is -0.356 e. The molecule has 0 saturated carbocycles. The second kappa shape index (κ2) is 7.19. The number of nitrogens with one attached hydrogen (secondary N) is 1. The molecule has 1 aliphatic heterocycles. The van der Waals surface area contributed by atoms with Gasteiger partial charge in [-0.25, -0.2) is 4.79 Å². The Balaban J connectivity index is 1.85. The van der Waals surface area contributed by atoms with E-state index in [-0.39, 0.29) is 18.2 Å². The summed E-state index contributed by atoms with van der Waals surface area (Å²) in [6.07, 6.45) is 0.465. The Morgan fingerprint density at radius 3 is 2.57 bits per heavy atom. The summed E-state index contributed by atoms with van der Waals surface area (Å²) in [6.45, 7) is 0.368. The summed E-state index contributed by atoms with van der Waals surface area (Å²) in [5.74, 6) is -0.665. The largest absolute Gasteiger partial charge is 0.356 e. The monoisotopic (exact) mass is 357 g/mol. The molecule has 124 valence electrons. The van der Waals surface area contributed by atoms with Crippen molar-refractivity contribution in [2.75, 3.05) is 20.6 Å². The third kappa shape index (κ3) is 3.76. The first-order valence-electron chi connectivity index (χ1n) is 7.07. The smallest absolute Gasteiger partial charge is 0.326 e. The van der Waals surface area contributed by atoms with Crippen molar-refractivity contribution >= 4 is 41.0 Å². The van der Waals surface area contributed by atoms with Crippen molar-refractivity contribution in [3.63, 3.8) is 0 Å². The number of urea groups is 1. The van der Waals surface area contributed by atoms with Gasteiger partial charge in [0, 0.05) is 20.6 Å². The number of carbonyl (C=O) groups is 3. The molecule has 1 aromatic carbocycles. The number of nitrogens with zero attached hydrogens (tertiary/aromatic N) is 2. The van der Waals surface area contributed by atoms with Gasteiger partial charge in [0.05, 0.1) is 16.5 Å². The number of hydrogen-bond donors (Lipinski definition) is 1. The first-order chi connectivity index (χ1) is 10.8. The van der Waals surface area contributed by atoms with E-state index in [1.54, 1.807) is 12.1 Å². The number of likely N-dealkylation sites (N-methyl/N-ethyl adjacent to an activating group) is 2. The summed E-state index contributed by atoms with van der Waals surface area (Å²) in [7, 11) is 2.91. The molecule has 1 aromatic rings. The summed E-state index contributed by atoms with van der Waals surface area (Å²) in [4.78, 5) is 37.8. The molecule has 1 saturated heterocycles. The summed E-state index contributed by atoms with van der Waals surface area (Å²) >= 11 is 12.0. The predicted molar refractivity (Wildman–Crippen MR) is 87.5 cm³/mol. The quantitative estimate of drug-likeness (QED) is 0.818. The summed E-state index contributed by atoms with van der Waals surface area (Å²) in [5.41, 5.74) is 0.837. The van der Waals surface area contributed by atoms with Crippen LogP contribution in [0.4, 0.5) is 4.79 Å². The molecule has 0 aliphatic carbocycles. The number of benzene rings is 1. The van der Waals surface area contributed by atoms with Crippen LogP contribution in [-0.4, -0.2) is 54.3 Å². The summed E-state index contributed by atoms with van der Waals surface area (Å²) in [6, 6.07) is 4.17. The zero-order valence-corrected chi connectivity index (χ0v) is 14.3. The number of imide groups is 1. The van der Waals surface area contributed by atoms with Gasteiger partial charge in [-0.1, -0.05) is 35.3 Å². The zero-order valence-electron chi connectivity index (χ0n) is 12.8. The van der Waals surface area contributed by atoms with Gasteiger partial charge >= 0.3 is 6.03 Å². The first-order valence-corrected chi connectivity index (χ1v) is 7.82. The van der Waals surface area contributed by atoms with Crippen LogP contribution in [0.15, 0.2) is 18.2 Å². The lowest BCUT2D eigenvalue weighted by Gasteiger charge is -2.15. The number of amides is 4. The second-order valence-corrected chi connectivity index (χ2v) is 6.11. The Kier molecular flexibility index (Phi) is 5.49. The van der Waals surface area contributed by atoms with Gasteiger partial charge in [-0.3, -0.25) is 14.5 Å². The average Bonchev–Trinajstić information content (AvgIpc) is 2.69. The van der Waals surface area contributed by atoms with Crippen LogP contribution in [0, 0.1) is 0 Å². The third-order valence-electron chi connectivity index (χ3n) is 3.80. The van der Waals surface area contributed by atoms with Crippen LogP contribution in [-0.2, 0) is 16.0 Å². The number of carbonyl (C=O) groups excluding carboxylic acids is 3. The van der Waals surface area contributed by atoms with Crippen LogP contribution in [0.3, 0.4) is 0 Å². The number of halogens is 2. The molecule has 2 rings (SSSR count). The molecule has 0 radical (unpaired) electrons. The second-order valence-electron chi connectivity index (χ2n) is 5.32. The third-order valence-corrected chi connectivity index (χ3v) is 4.66. The Bertz CT molecular complexity index is 651. The molecule has 1 aliphatic rings. The van der Waals surface area contributed by atoms with Crippen LogP contribution in [0.25, 0.3) is 0 Å². The van der Waals surface area contributed by atoms with Gasteiger partial charge in [0.15, 0.2) is 0 Å². The highest BCUT2D eigenvalue weighted by atomic mass is 35.5. The van der Waals surface area contributed by atoms with Crippen LogP contribution in [0.1, 0.15) is 12.0 Å². The van der Waals surface area contributed by atoms with Crippen molar-refractivity contribution in [2.24, 2.45) is 0 Å². The van der Waals surface area contributed by atoms with Crippen molar-refractivity contribution in [3.05, 3.63) is 33.8 Å². The maximum Gasteiger partial charge on any atom is 0.326 e. The lowest BCUT2D eigenvalue weighted by atomic mass is 10.1. The zero-order chi connectivity index (χ0) is 17.1. The molecule has 1 heterocycles. The van der Waals surface area contributed by atoms with E-state index in [0.29, 0.717) is 23.0 Å². The minimum absolute atomic E-state index is 0.0608. The highest BCUT2D eigenvalue weighted by Gasteiger charge is 2.41. The Morgan fingerprint density at radius 1 is 1.26 bits per heavy atom. The fourth-order valence-corrected chi connectivity index (χ4v) is 2.82. The maximum atomic E-state index is 12.0. The highest BCUT2D eigenvalue weighted by Crippen LogP contribution is 2.25.